The quantitative estimate of drug-likeness (QED) is 0.686. The molecule has 1 aliphatic heterocycles. The van der Waals surface area contributed by atoms with E-state index in [0.29, 0.717) is 5.56 Å². The van der Waals surface area contributed by atoms with Crippen molar-refractivity contribution in [3.8, 4) is 0 Å². The van der Waals surface area contributed by atoms with E-state index < -0.39 is 11.8 Å². The molecule has 0 radical (unpaired) electrons. The van der Waals surface area contributed by atoms with Gasteiger partial charge in [0.1, 0.15) is 5.82 Å². The summed E-state index contributed by atoms with van der Waals surface area (Å²) in [5.74, 6) is -1.73. The fourth-order valence-electron chi connectivity index (χ4n) is 1.24. The summed E-state index contributed by atoms with van der Waals surface area (Å²) < 4.78 is 12.8. The molecule has 1 aromatic rings. The summed E-state index contributed by atoms with van der Waals surface area (Å²) in [5, 5.41) is 4.49. The lowest BCUT2D eigenvalue weighted by Crippen LogP contribution is -2.25. The van der Waals surface area contributed by atoms with E-state index in [2.05, 4.69) is 15.6 Å². The topological polar surface area (TPSA) is 70.6 Å². The van der Waals surface area contributed by atoms with E-state index in [1.54, 1.807) is 12.1 Å². The van der Waals surface area contributed by atoms with Gasteiger partial charge in [-0.15, -0.1) is 0 Å². The predicted molar refractivity (Wildman–Crippen MR) is 53.8 cm³/mol. The number of aliphatic imine (C=N–C) groups is 1. The zero-order valence-corrected chi connectivity index (χ0v) is 8.16. The predicted octanol–water partition coefficient (Wildman–Crippen LogP) is -0.0723. The van der Waals surface area contributed by atoms with Crippen LogP contribution in [0.2, 0.25) is 0 Å². The van der Waals surface area contributed by atoms with E-state index in [4.69, 9.17) is 0 Å². The number of carbonyl (C=O) groups is 2. The molecular formula is C10H8FN3O2. The highest BCUT2D eigenvalue weighted by Crippen LogP contribution is 2.04. The Labute approximate surface area is 90.4 Å². The molecule has 0 bridgehead atoms. The monoisotopic (exact) mass is 221 g/mol. The van der Waals surface area contributed by atoms with Crippen LogP contribution in [0.3, 0.4) is 0 Å². The van der Waals surface area contributed by atoms with Gasteiger partial charge in [0.05, 0.1) is 6.54 Å². The normalized spacial score (nSPS) is 14.7. The van der Waals surface area contributed by atoms with Gasteiger partial charge >= 0.3 is 11.8 Å². The second-order valence-electron chi connectivity index (χ2n) is 3.20. The number of carbonyl (C=O) groups excluding carboxylic acids is 2. The maximum absolute atomic E-state index is 12.8. The molecule has 2 rings (SSSR count). The van der Waals surface area contributed by atoms with Crippen LogP contribution in [0, 0.1) is 5.82 Å². The summed E-state index contributed by atoms with van der Waals surface area (Å²) in [6.07, 6.45) is 0. The fourth-order valence-corrected chi connectivity index (χ4v) is 1.24. The first-order valence-corrected chi connectivity index (χ1v) is 4.56. The van der Waals surface area contributed by atoms with Gasteiger partial charge in [0, 0.05) is 0 Å². The van der Waals surface area contributed by atoms with Crippen molar-refractivity contribution >= 4 is 17.8 Å². The number of amides is 2. The number of nitrogens with one attached hydrogen (secondary N) is 2. The Bertz CT molecular complexity index is 467. The van der Waals surface area contributed by atoms with Gasteiger partial charge in [-0.25, -0.2) is 9.38 Å². The van der Waals surface area contributed by atoms with Crippen LogP contribution >= 0.6 is 0 Å². The van der Waals surface area contributed by atoms with Gasteiger partial charge < -0.3 is 0 Å². The summed E-state index contributed by atoms with van der Waals surface area (Å²) >= 11 is 0. The lowest BCUT2D eigenvalue weighted by molar-refractivity contribution is -0.135. The van der Waals surface area contributed by atoms with Crippen LogP contribution in [-0.2, 0) is 16.1 Å². The smallest absolute Gasteiger partial charge is 0.288 e. The summed E-state index contributed by atoms with van der Waals surface area (Å²) in [4.78, 5) is 25.5. The van der Waals surface area contributed by atoms with E-state index in [-0.39, 0.29) is 18.3 Å². The Hall–Kier alpha value is -2.24. The fraction of sp³-hybridized carbons (Fsp3) is 0.100. The van der Waals surface area contributed by atoms with Crippen molar-refractivity contribution in [1.82, 2.24) is 10.6 Å². The minimum atomic E-state index is -0.738. The molecule has 1 aromatic carbocycles. The average molecular weight is 221 g/mol. The van der Waals surface area contributed by atoms with E-state index in [1.807, 2.05) is 0 Å². The Balaban J connectivity index is 2.05. The molecule has 0 aliphatic carbocycles. The van der Waals surface area contributed by atoms with Gasteiger partial charge in [-0.05, 0) is 17.7 Å². The molecule has 0 atom stereocenters. The van der Waals surface area contributed by atoms with Crippen LogP contribution in [0.5, 0.6) is 0 Å². The second-order valence-corrected chi connectivity index (χ2v) is 3.20. The summed E-state index contributed by atoms with van der Waals surface area (Å²) in [7, 11) is 0. The van der Waals surface area contributed by atoms with Crippen molar-refractivity contribution in [2.45, 2.75) is 6.54 Å². The first-order valence-electron chi connectivity index (χ1n) is 4.56. The molecule has 6 heteroatoms. The van der Waals surface area contributed by atoms with Crippen molar-refractivity contribution in [2.24, 2.45) is 4.99 Å². The highest BCUT2D eigenvalue weighted by atomic mass is 19.1. The van der Waals surface area contributed by atoms with Crippen molar-refractivity contribution in [2.75, 3.05) is 0 Å². The molecule has 1 heterocycles. The lowest BCUT2D eigenvalue weighted by atomic mass is 10.2. The molecule has 0 spiro atoms. The maximum atomic E-state index is 12.8. The number of hydrogen-bond donors (Lipinski definition) is 2. The van der Waals surface area contributed by atoms with Crippen molar-refractivity contribution < 1.29 is 14.0 Å². The number of hydrogen-bond acceptors (Lipinski definition) is 3. The Kier molecular flexibility index (Phi) is 2.63. The molecule has 0 aromatic heterocycles. The first-order chi connectivity index (χ1) is 7.65. The number of rotatable bonds is 2. The van der Waals surface area contributed by atoms with Crippen molar-refractivity contribution in [3.63, 3.8) is 0 Å². The first kappa shape index (κ1) is 10.3. The minimum Gasteiger partial charge on any atom is -0.288 e. The second kappa shape index (κ2) is 4.09. The summed E-state index contributed by atoms with van der Waals surface area (Å²) in [6.45, 7) is 0.188. The third kappa shape index (κ3) is 2.22. The van der Waals surface area contributed by atoms with Crippen LogP contribution < -0.4 is 10.6 Å². The number of guanidine groups is 1. The zero-order chi connectivity index (χ0) is 11.5. The SMILES string of the molecule is O=C1NC(=NCc2cccc(F)c2)NC1=O. The van der Waals surface area contributed by atoms with Gasteiger partial charge in [0.25, 0.3) is 0 Å². The summed E-state index contributed by atoms with van der Waals surface area (Å²) in [6, 6.07) is 5.93. The molecule has 16 heavy (non-hydrogen) atoms. The zero-order valence-electron chi connectivity index (χ0n) is 8.16. The van der Waals surface area contributed by atoms with Crippen LogP contribution in [0.15, 0.2) is 29.3 Å². The van der Waals surface area contributed by atoms with E-state index in [1.165, 1.54) is 12.1 Å². The van der Waals surface area contributed by atoms with Crippen molar-refractivity contribution in [1.29, 1.82) is 0 Å². The van der Waals surface area contributed by atoms with Gasteiger partial charge in [0.2, 0.25) is 5.96 Å². The molecule has 2 amide bonds. The largest absolute Gasteiger partial charge is 0.316 e. The van der Waals surface area contributed by atoms with Gasteiger partial charge in [-0.1, -0.05) is 12.1 Å². The molecule has 1 aliphatic rings. The highest BCUT2D eigenvalue weighted by Gasteiger charge is 2.24. The van der Waals surface area contributed by atoms with Gasteiger partial charge in [0.15, 0.2) is 0 Å². The van der Waals surface area contributed by atoms with Gasteiger partial charge in [-0.3, -0.25) is 20.2 Å². The number of benzene rings is 1. The lowest BCUT2D eigenvalue weighted by Gasteiger charge is -1.98. The third-order valence-electron chi connectivity index (χ3n) is 1.98. The van der Waals surface area contributed by atoms with E-state index >= 15 is 0 Å². The van der Waals surface area contributed by atoms with E-state index in [9.17, 15) is 14.0 Å². The number of nitrogens with zero attached hydrogens (tertiary/aromatic N) is 1. The molecular weight excluding hydrogens is 213 g/mol. The highest BCUT2D eigenvalue weighted by molar-refractivity contribution is 6.45. The Morgan fingerprint density at radius 3 is 2.50 bits per heavy atom. The minimum absolute atomic E-state index is 0.0965. The van der Waals surface area contributed by atoms with Crippen LogP contribution in [0.25, 0.3) is 0 Å². The Morgan fingerprint density at radius 2 is 1.88 bits per heavy atom. The maximum Gasteiger partial charge on any atom is 0.316 e. The van der Waals surface area contributed by atoms with Crippen molar-refractivity contribution in [3.05, 3.63) is 35.6 Å². The van der Waals surface area contributed by atoms with Gasteiger partial charge in [-0.2, -0.15) is 0 Å². The van der Waals surface area contributed by atoms with E-state index in [0.717, 1.165) is 0 Å². The third-order valence-corrected chi connectivity index (χ3v) is 1.98. The Morgan fingerprint density at radius 1 is 1.19 bits per heavy atom. The molecule has 1 saturated heterocycles. The standard InChI is InChI=1S/C10H8FN3O2/c11-7-3-1-2-6(4-7)5-12-10-13-8(15)9(16)14-10/h1-4H,5H2,(H2,12,13,14,15,16). The molecule has 82 valence electrons. The molecule has 5 nitrogen and oxygen atoms in total. The number of halogens is 1. The summed E-state index contributed by atoms with van der Waals surface area (Å²) in [5.41, 5.74) is 0.655. The molecule has 2 N–H and O–H groups in total. The molecule has 0 saturated carbocycles. The van der Waals surface area contributed by atoms with Crippen LogP contribution in [0.1, 0.15) is 5.56 Å². The van der Waals surface area contributed by atoms with Crippen LogP contribution in [-0.4, -0.2) is 17.8 Å². The molecule has 1 fully saturated rings. The average Bonchev–Trinajstić information content (AvgIpc) is 2.56. The van der Waals surface area contributed by atoms with Crippen LogP contribution in [0.4, 0.5) is 4.39 Å². The molecule has 0 unspecified atom stereocenters.